The van der Waals surface area contributed by atoms with Crippen LogP contribution >= 0.6 is 11.3 Å². The van der Waals surface area contributed by atoms with Crippen LogP contribution in [0.4, 0.5) is 0 Å². The third-order valence-corrected chi connectivity index (χ3v) is 4.15. The maximum atomic E-state index is 10.6. The number of thiophene rings is 1. The molecule has 14 heavy (non-hydrogen) atoms. The first kappa shape index (κ1) is 10.1. The molecule has 3 heteroatoms. The lowest BCUT2D eigenvalue weighted by Crippen LogP contribution is -2.26. The fourth-order valence-corrected chi connectivity index (χ4v) is 3.21. The lowest BCUT2D eigenvalue weighted by atomic mass is 9.91. The quantitative estimate of drug-likeness (QED) is 0.745. The number of nitrogens with one attached hydrogen (secondary N) is 1. The van der Waals surface area contributed by atoms with Gasteiger partial charge in [0.05, 0.1) is 0 Å². The van der Waals surface area contributed by atoms with Crippen LogP contribution in [0.2, 0.25) is 0 Å². The fourth-order valence-electron chi connectivity index (χ4n) is 2.13. The van der Waals surface area contributed by atoms with Crippen molar-refractivity contribution in [2.24, 2.45) is 0 Å². The van der Waals surface area contributed by atoms with Crippen LogP contribution in [0.1, 0.15) is 29.7 Å². The summed E-state index contributed by atoms with van der Waals surface area (Å²) in [4.78, 5) is 1.17. The van der Waals surface area contributed by atoms with Gasteiger partial charge in [-0.2, -0.15) is 0 Å². The smallest absolute Gasteiger partial charge is 0.100 e. The molecule has 1 unspecified atom stereocenters. The van der Waals surface area contributed by atoms with Gasteiger partial charge in [-0.3, -0.25) is 0 Å². The van der Waals surface area contributed by atoms with E-state index in [4.69, 9.17) is 0 Å². The van der Waals surface area contributed by atoms with Crippen molar-refractivity contribution in [3.63, 3.8) is 0 Å². The molecule has 2 N–H and O–H groups in total. The average Bonchev–Trinajstić information content (AvgIpc) is 2.46. The van der Waals surface area contributed by atoms with Crippen LogP contribution in [0, 0.1) is 6.92 Å². The van der Waals surface area contributed by atoms with E-state index in [0.717, 1.165) is 32.4 Å². The standard InChI is InChI=1S/C11H17NOS/c1-9-3-8-14-10(9)11(13)4-2-6-12-7-5-11/h3,8,12-13H,2,4-7H2,1H3. The summed E-state index contributed by atoms with van der Waals surface area (Å²) >= 11 is 1.69. The highest BCUT2D eigenvalue weighted by molar-refractivity contribution is 7.10. The van der Waals surface area contributed by atoms with Crippen molar-refractivity contribution in [3.8, 4) is 0 Å². The number of aryl methyl sites for hydroxylation is 1. The number of hydrogen-bond acceptors (Lipinski definition) is 3. The van der Waals surface area contributed by atoms with E-state index in [9.17, 15) is 5.11 Å². The average molecular weight is 211 g/mol. The Hall–Kier alpha value is -0.380. The molecule has 0 radical (unpaired) electrons. The lowest BCUT2D eigenvalue weighted by molar-refractivity contribution is 0.0272. The largest absolute Gasteiger partial charge is 0.384 e. The molecule has 1 fully saturated rings. The molecule has 1 atom stereocenters. The zero-order chi connectivity index (χ0) is 10.0. The molecule has 1 aromatic heterocycles. The van der Waals surface area contributed by atoms with Crippen molar-refractivity contribution in [3.05, 3.63) is 21.9 Å². The number of aliphatic hydroxyl groups is 1. The molecule has 2 rings (SSSR count). The van der Waals surface area contributed by atoms with Crippen LogP contribution < -0.4 is 5.32 Å². The molecule has 0 aromatic carbocycles. The zero-order valence-electron chi connectivity index (χ0n) is 8.55. The van der Waals surface area contributed by atoms with E-state index in [2.05, 4.69) is 23.7 Å². The van der Waals surface area contributed by atoms with Gasteiger partial charge in [-0.15, -0.1) is 11.3 Å². The molecule has 2 heterocycles. The van der Waals surface area contributed by atoms with E-state index >= 15 is 0 Å². The van der Waals surface area contributed by atoms with Crippen molar-refractivity contribution < 1.29 is 5.11 Å². The molecule has 0 aliphatic carbocycles. The summed E-state index contributed by atoms with van der Waals surface area (Å²) in [5.41, 5.74) is 0.668. The van der Waals surface area contributed by atoms with Gasteiger partial charge in [-0.1, -0.05) is 0 Å². The van der Waals surface area contributed by atoms with Crippen LogP contribution in [0.15, 0.2) is 11.4 Å². The Morgan fingerprint density at radius 2 is 2.29 bits per heavy atom. The van der Waals surface area contributed by atoms with E-state index in [-0.39, 0.29) is 0 Å². The first-order valence-electron chi connectivity index (χ1n) is 5.20. The minimum Gasteiger partial charge on any atom is -0.384 e. The normalized spacial score (nSPS) is 28.7. The molecule has 78 valence electrons. The summed E-state index contributed by atoms with van der Waals surface area (Å²) in [6, 6.07) is 2.09. The summed E-state index contributed by atoms with van der Waals surface area (Å²) in [6.07, 6.45) is 2.80. The molecule has 1 aromatic rings. The van der Waals surface area contributed by atoms with Gasteiger partial charge in [0.1, 0.15) is 5.60 Å². The van der Waals surface area contributed by atoms with Gasteiger partial charge in [0.25, 0.3) is 0 Å². The van der Waals surface area contributed by atoms with E-state index in [1.54, 1.807) is 11.3 Å². The van der Waals surface area contributed by atoms with Gasteiger partial charge in [0.15, 0.2) is 0 Å². The number of hydrogen-bond donors (Lipinski definition) is 2. The van der Waals surface area contributed by atoms with Gasteiger partial charge in [-0.25, -0.2) is 0 Å². The third-order valence-electron chi connectivity index (χ3n) is 2.94. The molecule has 1 aliphatic heterocycles. The second kappa shape index (κ2) is 4.01. The molecular formula is C11H17NOS. The van der Waals surface area contributed by atoms with Crippen LogP contribution in [0.3, 0.4) is 0 Å². The third kappa shape index (κ3) is 1.85. The van der Waals surface area contributed by atoms with Crippen LogP contribution in [-0.4, -0.2) is 18.2 Å². The summed E-state index contributed by atoms with van der Waals surface area (Å²) < 4.78 is 0. The summed E-state index contributed by atoms with van der Waals surface area (Å²) in [6.45, 7) is 4.04. The lowest BCUT2D eigenvalue weighted by Gasteiger charge is -2.26. The molecule has 1 saturated heterocycles. The molecule has 1 aliphatic rings. The molecule has 0 saturated carbocycles. The minimum absolute atomic E-state index is 0.568. The highest BCUT2D eigenvalue weighted by atomic mass is 32.1. The fraction of sp³-hybridized carbons (Fsp3) is 0.636. The molecule has 0 spiro atoms. The van der Waals surface area contributed by atoms with E-state index < -0.39 is 5.60 Å². The summed E-state index contributed by atoms with van der Waals surface area (Å²) in [7, 11) is 0. The predicted molar refractivity (Wildman–Crippen MR) is 59.7 cm³/mol. The molecule has 0 amide bonds. The molecule has 0 bridgehead atoms. The zero-order valence-corrected chi connectivity index (χ0v) is 9.36. The minimum atomic E-state index is -0.568. The Morgan fingerprint density at radius 1 is 1.43 bits per heavy atom. The molecule has 2 nitrogen and oxygen atoms in total. The Balaban J connectivity index is 2.25. The van der Waals surface area contributed by atoms with Crippen LogP contribution in [-0.2, 0) is 5.60 Å². The topological polar surface area (TPSA) is 32.3 Å². The van der Waals surface area contributed by atoms with Crippen molar-refractivity contribution in [1.29, 1.82) is 0 Å². The Labute approximate surface area is 89.0 Å². The van der Waals surface area contributed by atoms with Crippen molar-refractivity contribution >= 4 is 11.3 Å². The Kier molecular flexibility index (Phi) is 2.91. The van der Waals surface area contributed by atoms with Gasteiger partial charge < -0.3 is 10.4 Å². The first-order chi connectivity index (χ1) is 6.72. The van der Waals surface area contributed by atoms with E-state index in [1.165, 1.54) is 10.4 Å². The van der Waals surface area contributed by atoms with Crippen molar-refractivity contribution in [2.45, 2.75) is 31.8 Å². The van der Waals surface area contributed by atoms with Gasteiger partial charge in [0, 0.05) is 4.88 Å². The number of rotatable bonds is 1. The van der Waals surface area contributed by atoms with Crippen molar-refractivity contribution in [1.82, 2.24) is 5.32 Å². The SMILES string of the molecule is Cc1ccsc1C1(O)CCCNCC1. The molecular weight excluding hydrogens is 194 g/mol. The highest BCUT2D eigenvalue weighted by Gasteiger charge is 2.32. The summed E-state index contributed by atoms with van der Waals surface area (Å²) in [5, 5.41) is 16.0. The second-order valence-electron chi connectivity index (χ2n) is 4.07. The van der Waals surface area contributed by atoms with E-state index in [0.29, 0.717) is 0 Å². The predicted octanol–water partition coefficient (Wildman–Crippen LogP) is 2.02. The van der Waals surface area contributed by atoms with Crippen LogP contribution in [0.5, 0.6) is 0 Å². The maximum Gasteiger partial charge on any atom is 0.100 e. The van der Waals surface area contributed by atoms with E-state index in [1.807, 2.05) is 0 Å². The second-order valence-corrected chi connectivity index (χ2v) is 4.98. The Morgan fingerprint density at radius 3 is 3.00 bits per heavy atom. The monoisotopic (exact) mass is 211 g/mol. The van der Waals surface area contributed by atoms with Gasteiger partial charge >= 0.3 is 0 Å². The highest BCUT2D eigenvalue weighted by Crippen LogP contribution is 2.36. The van der Waals surface area contributed by atoms with Crippen molar-refractivity contribution in [2.75, 3.05) is 13.1 Å². The Bertz CT molecular complexity index is 300. The summed E-state index contributed by atoms with van der Waals surface area (Å²) in [5.74, 6) is 0. The van der Waals surface area contributed by atoms with Gasteiger partial charge in [0.2, 0.25) is 0 Å². The maximum absolute atomic E-state index is 10.6. The first-order valence-corrected chi connectivity index (χ1v) is 6.08. The van der Waals surface area contributed by atoms with Crippen LogP contribution in [0.25, 0.3) is 0 Å². The van der Waals surface area contributed by atoms with Gasteiger partial charge in [-0.05, 0) is 56.3 Å².